The summed E-state index contributed by atoms with van der Waals surface area (Å²) in [5, 5.41) is 3.12. The van der Waals surface area contributed by atoms with Crippen molar-refractivity contribution in [3.8, 4) is 0 Å². The van der Waals surface area contributed by atoms with Crippen LogP contribution in [0.5, 0.6) is 0 Å². The molecule has 0 atom stereocenters. The molecule has 0 spiro atoms. The highest BCUT2D eigenvalue weighted by atomic mass is 19.1. The molecule has 0 aliphatic carbocycles. The molecule has 2 aromatic rings. The maximum atomic E-state index is 12.9. The van der Waals surface area contributed by atoms with Crippen molar-refractivity contribution in [3.05, 3.63) is 59.9 Å². The Kier molecular flexibility index (Phi) is 3.17. The Morgan fingerprint density at radius 3 is 2.38 bits per heavy atom. The van der Waals surface area contributed by atoms with Gasteiger partial charge in [-0.15, -0.1) is 0 Å². The molecule has 0 aromatic heterocycles. The second kappa shape index (κ2) is 4.77. The highest BCUT2D eigenvalue weighted by Crippen LogP contribution is 2.17. The SMILES string of the molecule is NCc1ccc(Nc2cccc(F)c2)cc1. The van der Waals surface area contributed by atoms with E-state index in [0.717, 1.165) is 16.9 Å². The average molecular weight is 216 g/mol. The fourth-order valence-electron chi connectivity index (χ4n) is 1.46. The molecule has 0 unspecified atom stereocenters. The van der Waals surface area contributed by atoms with Crippen molar-refractivity contribution >= 4 is 11.4 Å². The van der Waals surface area contributed by atoms with E-state index in [2.05, 4.69) is 5.32 Å². The monoisotopic (exact) mass is 216 g/mol. The van der Waals surface area contributed by atoms with Crippen LogP contribution >= 0.6 is 0 Å². The summed E-state index contributed by atoms with van der Waals surface area (Å²) in [6.07, 6.45) is 0. The van der Waals surface area contributed by atoms with E-state index in [1.54, 1.807) is 6.07 Å². The Labute approximate surface area is 93.9 Å². The summed E-state index contributed by atoms with van der Waals surface area (Å²) in [5.41, 5.74) is 8.23. The van der Waals surface area contributed by atoms with Gasteiger partial charge in [-0.05, 0) is 35.9 Å². The first kappa shape index (κ1) is 10.6. The Balaban J connectivity index is 2.14. The van der Waals surface area contributed by atoms with Crippen molar-refractivity contribution in [2.45, 2.75) is 6.54 Å². The van der Waals surface area contributed by atoms with Gasteiger partial charge in [0.25, 0.3) is 0 Å². The lowest BCUT2D eigenvalue weighted by Crippen LogP contribution is -1.96. The van der Waals surface area contributed by atoms with E-state index in [9.17, 15) is 4.39 Å². The van der Waals surface area contributed by atoms with Gasteiger partial charge < -0.3 is 11.1 Å². The van der Waals surface area contributed by atoms with Gasteiger partial charge >= 0.3 is 0 Å². The molecule has 0 bridgehead atoms. The van der Waals surface area contributed by atoms with E-state index >= 15 is 0 Å². The molecule has 0 aliphatic rings. The Morgan fingerprint density at radius 1 is 1.00 bits per heavy atom. The third kappa shape index (κ3) is 2.58. The maximum Gasteiger partial charge on any atom is 0.125 e. The van der Waals surface area contributed by atoms with E-state index in [4.69, 9.17) is 5.73 Å². The summed E-state index contributed by atoms with van der Waals surface area (Å²) in [6.45, 7) is 0.528. The average Bonchev–Trinajstić information content (AvgIpc) is 2.30. The fraction of sp³-hybridized carbons (Fsp3) is 0.0769. The first-order chi connectivity index (χ1) is 7.78. The summed E-state index contributed by atoms with van der Waals surface area (Å²) in [4.78, 5) is 0. The zero-order valence-corrected chi connectivity index (χ0v) is 8.78. The molecule has 0 radical (unpaired) electrons. The molecule has 2 nitrogen and oxygen atoms in total. The highest BCUT2D eigenvalue weighted by molar-refractivity contribution is 5.59. The quantitative estimate of drug-likeness (QED) is 0.827. The van der Waals surface area contributed by atoms with Crippen LogP contribution < -0.4 is 11.1 Å². The number of rotatable bonds is 3. The predicted octanol–water partition coefficient (Wildman–Crippen LogP) is 3.03. The molecule has 16 heavy (non-hydrogen) atoms. The largest absolute Gasteiger partial charge is 0.355 e. The molecule has 2 aromatic carbocycles. The van der Waals surface area contributed by atoms with Crippen LogP contribution in [0.3, 0.4) is 0 Å². The predicted molar refractivity (Wildman–Crippen MR) is 64.0 cm³/mol. The van der Waals surface area contributed by atoms with Crippen LogP contribution in [0.4, 0.5) is 15.8 Å². The first-order valence-corrected chi connectivity index (χ1v) is 5.09. The van der Waals surface area contributed by atoms with Crippen LogP contribution in [-0.4, -0.2) is 0 Å². The van der Waals surface area contributed by atoms with Gasteiger partial charge in [0, 0.05) is 17.9 Å². The standard InChI is InChI=1S/C13H13FN2/c14-11-2-1-3-13(8-11)16-12-6-4-10(9-15)5-7-12/h1-8,16H,9,15H2. The van der Waals surface area contributed by atoms with Crippen LogP contribution in [-0.2, 0) is 6.54 Å². The maximum absolute atomic E-state index is 12.9. The number of nitrogens with two attached hydrogens (primary N) is 1. The molecule has 0 saturated carbocycles. The summed E-state index contributed by atoms with van der Waals surface area (Å²) < 4.78 is 12.9. The molecule has 82 valence electrons. The first-order valence-electron chi connectivity index (χ1n) is 5.09. The second-order valence-corrected chi connectivity index (χ2v) is 3.54. The summed E-state index contributed by atoms with van der Waals surface area (Å²) in [5.74, 6) is -0.247. The van der Waals surface area contributed by atoms with Gasteiger partial charge in [0.1, 0.15) is 5.82 Å². The summed E-state index contributed by atoms with van der Waals surface area (Å²) in [6, 6.07) is 14.1. The molecule has 3 heteroatoms. The topological polar surface area (TPSA) is 38.0 Å². The van der Waals surface area contributed by atoms with Crippen LogP contribution in [0.1, 0.15) is 5.56 Å². The van der Waals surface area contributed by atoms with Crippen LogP contribution in [0.15, 0.2) is 48.5 Å². The van der Waals surface area contributed by atoms with Crippen molar-refractivity contribution in [3.63, 3.8) is 0 Å². The lowest BCUT2D eigenvalue weighted by molar-refractivity contribution is 0.628. The third-order valence-electron chi connectivity index (χ3n) is 2.30. The number of anilines is 2. The van der Waals surface area contributed by atoms with Crippen molar-refractivity contribution < 1.29 is 4.39 Å². The normalized spacial score (nSPS) is 10.1. The molecule has 0 aliphatic heterocycles. The van der Waals surface area contributed by atoms with Gasteiger partial charge in [-0.2, -0.15) is 0 Å². The number of nitrogens with one attached hydrogen (secondary N) is 1. The van der Waals surface area contributed by atoms with Crippen LogP contribution in [0.25, 0.3) is 0 Å². The smallest absolute Gasteiger partial charge is 0.125 e. The Morgan fingerprint density at radius 2 is 1.75 bits per heavy atom. The zero-order valence-electron chi connectivity index (χ0n) is 8.78. The summed E-state index contributed by atoms with van der Waals surface area (Å²) >= 11 is 0. The molecule has 0 fully saturated rings. The van der Waals surface area contributed by atoms with Gasteiger partial charge in [0.15, 0.2) is 0 Å². The third-order valence-corrected chi connectivity index (χ3v) is 2.30. The number of benzene rings is 2. The van der Waals surface area contributed by atoms with Crippen molar-refractivity contribution in [2.24, 2.45) is 5.73 Å². The van der Waals surface area contributed by atoms with Gasteiger partial charge in [0.2, 0.25) is 0 Å². The lowest BCUT2D eigenvalue weighted by atomic mass is 10.2. The number of hydrogen-bond donors (Lipinski definition) is 2. The molecule has 0 heterocycles. The molecular formula is C13H13FN2. The van der Waals surface area contributed by atoms with Crippen molar-refractivity contribution in [1.82, 2.24) is 0 Å². The van der Waals surface area contributed by atoms with E-state index in [-0.39, 0.29) is 5.82 Å². The highest BCUT2D eigenvalue weighted by Gasteiger charge is 1.96. The van der Waals surface area contributed by atoms with E-state index in [1.165, 1.54) is 12.1 Å². The molecule has 2 rings (SSSR count). The number of hydrogen-bond acceptors (Lipinski definition) is 2. The van der Waals surface area contributed by atoms with Gasteiger partial charge in [-0.1, -0.05) is 18.2 Å². The fourth-order valence-corrected chi connectivity index (χ4v) is 1.46. The number of halogens is 1. The Hall–Kier alpha value is -1.87. The van der Waals surface area contributed by atoms with Crippen LogP contribution in [0, 0.1) is 5.82 Å². The van der Waals surface area contributed by atoms with Gasteiger partial charge in [-0.25, -0.2) is 4.39 Å². The van der Waals surface area contributed by atoms with Crippen molar-refractivity contribution in [1.29, 1.82) is 0 Å². The van der Waals surface area contributed by atoms with E-state index in [1.807, 2.05) is 30.3 Å². The lowest BCUT2D eigenvalue weighted by Gasteiger charge is -2.06. The molecular weight excluding hydrogens is 203 g/mol. The Bertz CT molecular complexity index is 466. The molecule has 0 amide bonds. The minimum absolute atomic E-state index is 0.247. The van der Waals surface area contributed by atoms with Gasteiger partial charge in [0.05, 0.1) is 0 Å². The minimum atomic E-state index is -0.247. The molecule has 0 saturated heterocycles. The molecule has 3 N–H and O–H groups in total. The second-order valence-electron chi connectivity index (χ2n) is 3.54. The van der Waals surface area contributed by atoms with Gasteiger partial charge in [-0.3, -0.25) is 0 Å². The minimum Gasteiger partial charge on any atom is -0.355 e. The van der Waals surface area contributed by atoms with Crippen LogP contribution in [0.2, 0.25) is 0 Å². The van der Waals surface area contributed by atoms with Crippen molar-refractivity contribution in [2.75, 3.05) is 5.32 Å². The van der Waals surface area contributed by atoms with E-state index < -0.39 is 0 Å². The summed E-state index contributed by atoms with van der Waals surface area (Å²) in [7, 11) is 0. The zero-order chi connectivity index (χ0) is 11.4. The van der Waals surface area contributed by atoms with E-state index in [0.29, 0.717) is 6.54 Å².